The van der Waals surface area contributed by atoms with Crippen molar-refractivity contribution in [1.82, 2.24) is 19.2 Å². The lowest BCUT2D eigenvalue weighted by atomic mass is 10.1. The van der Waals surface area contributed by atoms with Crippen molar-refractivity contribution in [2.45, 2.75) is 13.0 Å². The first-order valence-electron chi connectivity index (χ1n) is 12.0. The van der Waals surface area contributed by atoms with Crippen LogP contribution in [0, 0.1) is 5.41 Å². The number of rotatable bonds is 6. The molecule has 5 rings (SSSR count). The van der Waals surface area contributed by atoms with Gasteiger partial charge in [-0.3, -0.25) is 4.90 Å². The number of anilines is 2. The minimum Gasteiger partial charge on any atom is -0.398 e. The summed E-state index contributed by atoms with van der Waals surface area (Å²) in [5.41, 5.74) is 8.87. The Balaban J connectivity index is 1.54. The second-order valence-corrected chi connectivity index (χ2v) is 12.2. The second-order valence-electron chi connectivity index (χ2n) is 9.16. The monoisotopic (exact) mass is 529 g/mol. The van der Waals surface area contributed by atoms with Crippen LogP contribution in [0.3, 0.4) is 0 Å². The van der Waals surface area contributed by atoms with Crippen molar-refractivity contribution >= 4 is 49.3 Å². The van der Waals surface area contributed by atoms with E-state index in [1.807, 2.05) is 12.1 Å². The van der Waals surface area contributed by atoms with Gasteiger partial charge in [0.1, 0.15) is 0 Å². The maximum absolute atomic E-state index is 11.9. The lowest BCUT2D eigenvalue weighted by molar-refractivity contribution is 0.122. The number of sulfonamides is 1. The smallest absolute Gasteiger partial charge is 0.211 e. The molecule has 36 heavy (non-hydrogen) atoms. The average molecular weight is 530 g/mol. The van der Waals surface area contributed by atoms with E-state index in [1.165, 1.54) is 17.3 Å². The van der Waals surface area contributed by atoms with Crippen molar-refractivity contribution in [3.05, 3.63) is 34.7 Å². The minimum absolute atomic E-state index is 0.122. The van der Waals surface area contributed by atoms with Gasteiger partial charge in [0.15, 0.2) is 11.6 Å². The number of nitrogens with zero attached hydrogens (tertiary/aromatic N) is 5. The predicted octanol–water partition coefficient (Wildman–Crippen LogP) is 2.41. The Morgan fingerprint density at radius 1 is 1.14 bits per heavy atom. The van der Waals surface area contributed by atoms with E-state index < -0.39 is 10.0 Å². The van der Waals surface area contributed by atoms with Gasteiger partial charge in [-0.2, -0.15) is 4.31 Å². The van der Waals surface area contributed by atoms with Crippen LogP contribution < -0.4 is 10.6 Å². The molecule has 3 N–H and O–H groups in total. The Kier molecular flexibility index (Phi) is 6.97. The highest BCUT2D eigenvalue weighted by atomic mass is 32.2. The van der Waals surface area contributed by atoms with Gasteiger partial charge in [0.2, 0.25) is 10.0 Å². The number of ether oxygens (including phenoxy) is 1. The van der Waals surface area contributed by atoms with E-state index in [4.69, 9.17) is 25.8 Å². The van der Waals surface area contributed by atoms with Crippen LogP contribution in [0.1, 0.15) is 23.4 Å². The summed E-state index contributed by atoms with van der Waals surface area (Å²) in [7, 11) is -3.17. The van der Waals surface area contributed by atoms with E-state index in [9.17, 15) is 8.42 Å². The van der Waals surface area contributed by atoms with Crippen LogP contribution in [0.4, 0.5) is 11.5 Å². The third kappa shape index (κ3) is 4.83. The highest BCUT2D eigenvalue weighted by Gasteiger charge is 2.28. The lowest BCUT2D eigenvalue weighted by Crippen LogP contribution is -2.48. The number of thiophene rings is 1. The molecule has 2 aliphatic rings. The summed E-state index contributed by atoms with van der Waals surface area (Å²) in [5.74, 6) is 1.43. The van der Waals surface area contributed by atoms with Crippen molar-refractivity contribution in [2.24, 2.45) is 0 Å². The molecule has 2 aromatic heterocycles. The van der Waals surface area contributed by atoms with Crippen molar-refractivity contribution in [3.63, 3.8) is 0 Å². The maximum atomic E-state index is 11.9. The highest BCUT2D eigenvalue weighted by molar-refractivity contribution is 7.88. The predicted molar refractivity (Wildman–Crippen MR) is 145 cm³/mol. The summed E-state index contributed by atoms with van der Waals surface area (Å²) < 4.78 is 32.0. The summed E-state index contributed by atoms with van der Waals surface area (Å²) in [6.07, 6.45) is 2.52. The molecule has 0 saturated carbocycles. The largest absolute Gasteiger partial charge is 0.398 e. The summed E-state index contributed by atoms with van der Waals surface area (Å²) in [6.45, 7) is 7.30. The second kappa shape index (κ2) is 10.0. The fourth-order valence-electron chi connectivity index (χ4n) is 4.79. The van der Waals surface area contributed by atoms with Crippen LogP contribution in [-0.4, -0.2) is 92.5 Å². The van der Waals surface area contributed by atoms with Gasteiger partial charge in [-0.05, 0) is 19.1 Å². The van der Waals surface area contributed by atoms with E-state index in [0.29, 0.717) is 56.5 Å². The lowest BCUT2D eigenvalue weighted by Gasteiger charge is -2.36. The van der Waals surface area contributed by atoms with E-state index >= 15 is 0 Å². The zero-order chi connectivity index (χ0) is 25.4. The van der Waals surface area contributed by atoms with E-state index in [1.54, 1.807) is 21.7 Å². The Hall–Kier alpha value is -2.64. The molecule has 0 radical (unpaired) electrons. The average Bonchev–Trinajstić information content (AvgIpc) is 3.32. The Labute approximate surface area is 215 Å². The molecule has 1 aromatic carbocycles. The number of aromatic nitrogens is 2. The fourth-order valence-corrected chi connectivity index (χ4v) is 6.82. The third-order valence-corrected chi connectivity index (χ3v) is 9.50. The van der Waals surface area contributed by atoms with Gasteiger partial charge in [0.05, 0.1) is 29.7 Å². The van der Waals surface area contributed by atoms with Crippen LogP contribution >= 0.6 is 11.3 Å². The van der Waals surface area contributed by atoms with Crippen LogP contribution in [-0.2, 0) is 14.8 Å². The zero-order valence-electron chi connectivity index (χ0n) is 20.5. The molecule has 2 aliphatic heterocycles. The molecule has 3 aromatic rings. The quantitative estimate of drug-likeness (QED) is 0.368. The molecular formula is C24H31N7O3S2. The van der Waals surface area contributed by atoms with Crippen LogP contribution in [0.5, 0.6) is 0 Å². The number of nitrogen functional groups attached to an aromatic ring is 1. The summed E-state index contributed by atoms with van der Waals surface area (Å²) in [6, 6.07) is 7.78. The van der Waals surface area contributed by atoms with Gasteiger partial charge in [0, 0.05) is 73.2 Å². The van der Waals surface area contributed by atoms with Gasteiger partial charge in [-0.1, -0.05) is 12.1 Å². The van der Waals surface area contributed by atoms with Crippen molar-refractivity contribution < 1.29 is 13.2 Å². The molecule has 0 aliphatic carbocycles. The SMILES string of the molecule is CC(c1cc2nc(-c3cccc(N)c3C=N)nc(N3CCOCC3)c2s1)N1CCN(S(C)(=O)=O)CC1. The first kappa shape index (κ1) is 25.0. The zero-order valence-corrected chi connectivity index (χ0v) is 22.1. The topological polar surface area (TPSA) is 129 Å². The van der Waals surface area contributed by atoms with Gasteiger partial charge < -0.3 is 20.8 Å². The number of piperazine rings is 1. The Morgan fingerprint density at radius 2 is 1.86 bits per heavy atom. The molecule has 0 bridgehead atoms. The van der Waals surface area contributed by atoms with Crippen molar-refractivity contribution in [3.8, 4) is 11.4 Å². The number of morpholine rings is 1. The summed E-state index contributed by atoms with van der Waals surface area (Å²) >= 11 is 1.69. The standard InChI is InChI=1S/C24H31N7O3S2/c1-16(29-6-8-31(9-7-29)36(2,32)33)21-14-20-22(35-21)24(30-10-12-34-13-11-30)28-23(27-20)17-4-3-5-19(26)18(17)15-25/h3-5,14-16,25H,6-13,26H2,1-2H3. The molecule has 10 nitrogen and oxygen atoms in total. The molecule has 1 atom stereocenters. The van der Waals surface area contributed by atoms with Crippen LogP contribution in [0.25, 0.3) is 21.6 Å². The number of nitrogens with one attached hydrogen (secondary N) is 1. The molecule has 12 heteroatoms. The fraction of sp³-hybridized carbons (Fsp3) is 0.458. The highest BCUT2D eigenvalue weighted by Crippen LogP contribution is 2.39. The van der Waals surface area contributed by atoms with Gasteiger partial charge in [-0.25, -0.2) is 18.4 Å². The number of fused-ring (bicyclic) bond motifs is 1. The first-order valence-corrected chi connectivity index (χ1v) is 14.7. The van der Waals surface area contributed by atoms with Gasteiger partial charge in [0.25, 0.3) is 0 Å². The Bertz CT molecular complexity index is 1380. The van der Waals surface area contributed by atoms with Crippen molar-refractivity contribution in [2.75, 3.05) is 69.4 Å². The molecule has 1 unspecified atom stereocenters. The van der Waals surface area contributed by atoms with E-state index in [2.05, 4.69) is 22.8 Å². The van der Waals surface area contributed by atoms with Crippen LogP contribution in [0.2, 0.25) is 0 Å². The number of hydrogen-bond donors (Lipinski definition) is 2. The molecule has 0 spiro atoms. The number of hydrogen-bond acceptors (Lipinski definition) is 10. The minimum atomic E-state index is -3.17. The molecule has 0 amide bonds. The van der Waals surface area contributed by atoms with Crippen LogP contribution in [0.15, 0.2) is 24.3 Å². The van der Waals surface area contributed by atoms with E-state index in [0.717, 1.165) is 34.7 Å². The molecule has 192 valence electrons. The molecule has 2 saturated heterocycles. The number of nitrogens with two attached hydrogens (primary N) is 1. The summed E-state index contributed by atoms with van der Waals surface area (Å²) in [5, 5.41) is 7.88. The number of benzene rings is 1. The molecular weight excluding hydrogens is 498 g/mol. The Morgan fingerprint density at radius 3 is 2.53 bits per heavy atom. The van der Waals surface area contributed by atoms with Gasteiger partial charge in [-0.15, -0.1) is 11.3 Å². The van der Waals surface area contributed by atoms with Gasteiger partial charge >= 0.3 is 0 Å². The first-order chi connectivity index (χ1) is 17.3. The van der Waals surface area contributed by atoms with E-state index in [-0.39, 0.29) is 6.04 Å². The normalized spacial score (nSPS) is 19.0. The third-order valence-electron chi connectivity index (χ3n) is 6.91. The molecule has 2 fully saturated rings. The maximum Gasteiger partial charge on any atom is 0.211 e. The summed E-state index contributed by atoms with van der Waals surface area (Å²) in [4.78, 5) is 15.6. The van der Waals surface area contributed by atoms with Crippen molar-refractivity contribution in [1.29, 1.82) is 5.41 Å². The molecule has 4 heterocycles.